The van der Waals surface area contributed by atoms with Crippen molar-refractivity contribution in [3.8, 4) is 5.69 Å². The van der Waals surface area contributed by atoms with E-state index in [1.165, 1.54) is 23.1 Å². The second-order valence-corrected chi connectivity index (χ2v) is 5.42. The first-order chi connectivity index (χ1) is 9.85. The van der Waals surface area contributed by atoms with Crippen molar-refractivity contribution in [2.75, 3.05) is 0 Å². The van der Waals surface area contributed by atoms with Crippen molar-refractivity contribution in [2.45, 2.75) is 32.9 Å². The maximum absolute atomic E-state index is 13.2. The van der Waals surface area contributed by atoms with Crippen molar-refractivity contribution in [3.05, 3.63) is 42.2 Å². The lowest BCUT2D eigenvalue weighted by atomic mass is 10.2. The lowest BCUT2D eigenvalue weighted by Crippen LogP contribution is -2.32. The number of benzene rings is 1. The molecule has 0 unspecified atom stereocenters. The topological polar surface area (TPSA) is 69.0 Å². The molecule has 6 nitrogen and oxygen atoms in total. The van der Waals surface area contributed by atoms with Crippen molar-refractivity contribution < 1.29 is 13.9 Å². The summed E-state index contributed by atoms with van der Waals surface area (Å²) in [4.78, 5) is 15.7. The molecule has 7 heteroatoms. The van der Waals surface area contributed by atoms with Gasteiger partial charge in [-0.05, 0) is 39.0 Å². The molecule has 0 atom stereocenters. The Kier molecular flexibility index (Phi) is 4.21. The number of carbonyl (C=O) groups excluding carboxylic acids is 1. The molecule has 0 aliphatic rings. The zero-order valence-corrected chi connectivity index (χ0v) is 12.1. The summed E-state index contributed by atoms with van der Waals surface area (Å²) in [6, 6.07) is 5.97. The van der Waals surface area contributed by atoms with E-state index in [9.17, 15) is 9.18 Å². The lowest BCUT2D eigenvalue weighted by Gasteiger charge is -2.19. The van der Waals surface area contributed by atoms with Gasteiger partial charge in [0.15, 0.2) is 5.82 Å². The first-order valence-electron chi connectivity index (χ1n) is 6.47. The number of aromatic nitrogens is 3. The number of ether oxygens (including phenoxy) is 1. The van der Waals surface area contributed by atoms with Crippen LogP contribution in [0, 0.1) is 5.82 Å². The average Bonchev–Trinajstić information content (AvgIpc) is 2.82. The van der Waals surface area contributed by atoms with Crippen molar-refractivity contribution in [2.24, 2.45) is 0 Å². The molecule has 0 saturated heterocycles. The fourth-order valence-electron chi connectivity index (χ4n) is 1.67. The van der Waals surface area contributed by atoms with E-state index in [1.54, 1.807) is 32.9 Å². The Morgan fingerprint density at radius 2 is 2.19 bits per heavy atom. The van der Waals surface area contributed by atoms with Gasteiger partial charge in [0, 0.05) is 0 Å². The Balaban J connectivity index is 2.06. The third kappa shape index (κ3) is 4.27. The standard InChI is InChI=1S/C14H17FN4O2/c1-14(2,3)21-13(20)16-8-12-17-9-18-19(12)11-6-4-5-10(15)7-11/h4-7,9H,8H2,1-3H3,(H,16,20). The summed E-state index contributed by atoms with van der Waals surface area (Å²) in [6.45, 7) is 5.47. The molecule has 0 spiro atoms. The molecule has 112 valence electrons. The number of nitrogens with zero attached hydrogens (tertiary/aromatic N) is 3. The second kappa shape index (κ2) is 5.90. The number of hydrogen-bond donors (Lipinski definition) is 1. The maximum Gasteiger partial charge on any atom is 0.408 e. The molecule has 0 fully saturated rings. The maximum atomic E-state index is 13.2. The summed E-state index contributed by atoms with van der Waals surface area (Å²) in [5, 5.41) is 6.61. The van der Waals surface area contributed by atoms with Gasteiger partial charge < -0.3 is 10.1 Å². The van der Waals surface area contributed by atoms with Crippen LogP contribution in [-0.2, 0) is 11.3 Å². The van der Waals surface area contributed by atoms with E-state index in [2.05, 4.69) is 15.4 Å². The van der Waals surface area contributed by atoms with E-state index in [1.807, 2.05) is 0 Å². The molecule has 1 amide bonds. The zero-order chi connectivity index (χ0) is 15.5. The summed E-state index contributed by atoms with van der Waals surface area (Å²) < 4.78 is 19.8. The molecule has 2 aromatic rings. The Bertz CT molecular complexity index is 634. The fraction of sp³-hybridized carbons (Fsp3) is 0.357. The molecule has 0 saturated carbocycles. The molecular formula is C14H17FN4O2. The van der Waals surface area contributed by atoms with E-state index in [0.717, 1.165) is 0 Å². The second-order valence-electron chi connectivity index (χ2n) is 5.42. The molecule has 2 rings (SSSR count). The van der Waals surface area contributed by atoms with Gasteiger partial charge >= 0.3 is 6.09 Å². The quantitative estimate of drug-likeness (QED) is 0.943. The highest BCUT2D eigenvalue weighted by molar-refractivity contribution is 5.67. The van der Waals surface area contributed by atoms with Gasteiger partial charge in [-0.25, -0.2) is 18.9 Å². The largest absolute Gasteiger partial charge is 0.444 e. The number of alkyl carbamates (subject to hydrolysis) is 1. The third-order valence-corrected chi connectivity index (χ3v) is 2.46. The molecule has 0 aliphatic carbocycles. The Morgan fingerprint density at radius 1 is 1.43 bits per heavy atom. The minimum atomic E-state index is -0.569. The van der Waals surface area contributed by atoms with Crippen LogP contribution in [0.4, 0.5) is 9.18 Å². The van der Waals surface area contributed by atoms with Crippen LogP contribution in [0.15, 0.2) is 30.6 Å². The average molecular weight is 292 g/mol. The van der Waals surface area contributed by atoms with Crippen molar-refractivity contribution >= 4 is 6.09 Å². The molecule has 1 N–H and O–H groups in total. The van der Waals surface area contributed by atoms with E-state index in [4.69, 9.17) is 4.74 Å². The molecule has 21 heavy (non-hydrogen) atoms. The molecule has 1 heterocycles. The van der Waals surface area contributed by atoms with Crippen molar-refractivity contribution in [1.82, 2.24) is 20.1 Å². The number of hydrogen-bond acceptors (Lipinski definition) is 4. The SMILES string of the molecule is CC(C)(C)OC(=O)NCc1ncnn1-c1cccc(F)c1. The minimum absolute atomic E-state index is 0.130. The van der Waals surface area contributed by atoms with Crippen LogP contribution in [0.2, 0.25) is 0 Å². The van der Waals surface area contributed by atoms with E-state index >= 15 is 0 Å². The van der Waals surface area contributed by atoms with Gasteiger partial charge in [-0.1, -0.05) is 6.07 Å². The molecule has 0 aliphatic heterocycles. The first kappa shape index (κ1) is 15.0. The molecule has 0 bridgehead atoms. The van der Waals surface area contributed by atoms with E-state index < -0.39 is 11.7 Å². The van der Waals surface area contributed by atoms with Crippen molar-refractivity contribution in [3.63, 3.8) is 0 Å². The van der Waals surface area contributed by atoms with E-state index in [-0.39, 0.29) is 12.4 Å². The van der Waals surface area contributed by atoms with Crippen LogP contribution in [0.1, 0.15) is 26.6 Å². The highest BCUT2D eigenvalue weighted by atomic mass is 19.1. The summed E-state index contributed by atoms with van der Waals surface area (Å²) >= 11 is 0. The minimum Gasteiger partial charge on any atom is -0.444 e. The summed E-state index contributed by atoms with van der Waals surface area (Å²) in [5.41, 5.74) is -0.0335. The molecule has 1 aromatic heterocycles. The predicted octanol–water partition coefficient (Wildman–Crippen LogP) is 2.43. The fourth-order valence-corrected chi connectivity index (χ4v) is 1.67. The van der Waals surface area contributed by atoms with Crippen LogP contribution < -0.4 is 5.32 Å². The van der Waals surface area contributed by atoms with Crippen LogP contribution >= 0.6 is 0 Å². The van der Waals surface area contributed by atoms with Crippen molar-refractivity contribution in [1.29, 1.82) is 0 Å². The number of rotatable bonds is 3. The summed E-state index contributed by atoms with van der Waals surface area (Å²) in [7, 11) is 0. The molecular weight excluding hydrogens is 275 g/mol. The predicted molar refractivity (Wildman–Crippen MR) is 74.4 cm³/mol. The molecule has 1 aromatic carbocycles. The van der Waals surface area contributed by atoms with Crippen LogP contribution in [0.3, 0.4) is 0 Å². The van der Waals surface area contributed by atoms with Gasteiger partial charge in [0.25, 0.3) is 0 Å². The van der Waals surface area contributed by atoms with Gasteiger partial charge in [-0.2, -0.15) is 5.10 Å². The van der Waals surface area contributed by atoms with Crippen LogP contribution in [0.5, 0.6) is 0 Å². The monoisotopic (exact) mass is 292 g/mol. The zero-order valence-electron chi connectivity index (χ0n) is 12.1. The lowest BCUT2D eigenvalue weighted by molar-refractivity contribution is 0.0522. The highest BCUT2D eigenvalue weighted by Gasteiger charge is 2.16. The number of carbonyl (C=O) groups is 1. The molecule has 0 radical (unpaired) electrons. The van der Waals surface area contributed by atoms with Gasteiger partial charge in [0.1, 0.15) is 17.7 Å². The first-order valence-corrected chi connectivity index (χ1v) is 6.47. The number of halogens is 1. The van der Waals surface area contributed by atoms with Gasteiger partial charge in [0.05, 0.1) is 12.2 Å². The number of amides is 1. The Hall–Kier alpha value is -2.44. The van der Waals surface area contributed by atoms with Gasteiger partial charge in [-0.15, -0.1) is 0 Å². The normalized spacial score (nSPS) is 11.2. The summed E-state index contributed by atoms with van der Waals surface area (Å²) in [6.07, 6.45) is 0.799. The summed E-state index contributed by atoms with van der Waals surface area (Å²) in [5.74, 6) is 0.112. The Morgan fingerprint density at radius 3 is 2.86 bits per heavy atom. The highest BCUT2D eigenvalue weighted by Crippen LogP contribution is 2.11. The van der Waals surface area contributed by atoms with Gasteiger partial charge in [-0.3, -0.25) is 0 Å². The Labute approximate surface area is 121 Å². The number of nitrogens with one attached hydrogen (secondary N) is 1. The third-order valence-electron chi connectivity index (χ3n) is 2.46. The van der Waals surface area contributed by atoms with Gasteiger partial charge in [0.2, 0.25) is 0 Å². The van der Waals surface area contributed by atoms with Crippen LogP contribution in [-0.4, -0.2) is 26.5 Å². The smallest absolute Gasteiger partial charge is 0.408 e. The van der Waals surface area contributed by atoms with Crippen LogP contribution in [0.25, 0.3) is 5.69 Å². The van der Waals surface area contributed by atoms with E-state index in [0.29, 0.717) is 11.5 Å².